The monoisotopic (exact) mass is 417 g/mol. The van der Waals surface area contributed by atoms with Crippen molar-refractivity contribution in [2.45, 2.75) is 32.9 Å². The summed E-state index contributed by atoms with van der Waals surface area (Å²) in [6.45, 7) is 5.71. The molecule has 5 nitrogen and oxygen atoms in total. The Hall–Kier alpha value is -1.31. The van der Waals surface area contributed by atoms with Gasteiger partial charge in [0.05, 0.1) is 19.2 Å². The highest BCUT2D eigenvalue weighted by Crippen LogP contribution is 2.28. The Morgan fingerprint density at radius 3 is 2.50 bits per heavy atom. The maximum absolute atomic E-state index is 11.4. The fourth-order valence-corrected chi connectivity index (χ4v) is 2.05. The lowest BCUT2D eigenvalue weighted by Crippen LogP contribution is -2.39. The topological polar surface area (TPSA) is 62.7 Å². The van der Waals surface area contributed by atoms with E-state index in [9.17, 15) is 4.79 Å². The summed E-state index contributed by atoms with van der Waals surface area (Å²) in [5.74, 6) is 1.26. The third kappa shape index (κ3) is 5.47. The molecule has 0 bridgehead atoms. The first-order chi connectivity index (χ1) is 10.1. The molecule has 1 aromatic rings. The van der Waals surface area contributed by atoms with Crippen LogP contribution in [-0.2, 0) is 11.3 Å². The van der Waals surface area contributed by atoms with Crippen LogP contribution in [0.15, 0.2) is 29.3 Å². The average molecular weight is 417 g/mol. The van der Waals surface area contributed by atoms with Crippen LogP contribution < -0.4 is 10.6 Å². The lowest BCUT2D eigenvalue weighted by atomic mass is 10.1. The van der Waals surface area contributed by atoms with Crippen molar-refractivity contribution in [2.24, 2.45) is 10.9 Å². The Bertz CT molecular complexity index is 517. The second kappa shape index (κ2) is 8.97. The zero-order chi connectivity index (χ0) is 15.2. The van der Waals surface area contributed by atoms with Gasteiger partial charge >= 0.3 is 5.97 Å². The molecule has 0 radical (unpaired) electrons. The molecule has 2 rings (SSSR count). The normalized spacial score (nSPS) is 19.9. The Balaban J connectivity index is 0.00000242. The molecule has 1 fully saturated rings. The molecular formula is C16H24IN3O2. The number of aliphatic imine (C=N–C) groups is 1. The van der Waals surface area contributed by atoms with Crippen molar-refractivity contribution in [1.29, 1.82) is 0 Å². The molecule has 0 amide bonds. The summed E-state index contributed by atoms with van der Waals surface area (Å²) in [7, 11) is 1.38. The first-order valence-electron chi connectivity index (χ1n) is 7.36. The molecule has 0 saturated heterocycles. The number of nitrogens with one attached hydrogen (secondary N) is 2. The van der Waals surface area contributed by atoms with Gasteiger partial charge in [0.15, 0.2) is 5.96 Å². The summed E-state index contributed by atoms with van der Waals surface area (Å²) in [4.78, 5) is 15.9. The Kier molecular flexibility index (Phi) is 7.64. The number of methoxy groups -OCH3 is 1. The van der Waals surface area contributed by atoms with E-state index in [1.54, 1.807) is 12.1 Å². The highest BCUT2D eigenvalue weighted by atomic mass is 127. The van der Waals surface area contributed by atoms with Gasteiger partial charge in [-0.25, -0.2) is 9.79 Å². The fraction of sp³-hybridized carbons (Fsp3) is 0.500. The molecule has 2 unspecified atom stereocenters. The summed E-state index contributed by atoms with van der Waals surface area (Å²) in [5, 5.41) is 6.66. The highest BCUT2D eigenvalue weighted by Gasteiger charge is 2.33. The molecule has 2 atom stereocenters. The third-order valence-corrected chi connectivity index (χ3v) is 3.57. The molecule has 122 valence electrons. The molecular weight excluding hydrogens is 393 g/mol. The number of ether oxygens (including phenoxy) is 1. The number of carbonyl (C=O) groups is 1. The number of hydrogen-bond acceptors (Lipinski definition) is 3. The number of hydrogen-bond donors (Lipinski definition) is 2. The van der Waals surface area contributed by atoms with Gasteiger partial charge in [0, 0.05) is 12.6 Å². The second-order valence-electron chi connectivity index (χ2n) is 5.35. The number of esters is 1. The lowest BCUT2D eigenvalue weighted by Gasteiger charge is -2.10. The van der Waals surface area contributed by atoms with Crippen LogP contribution in [0.25, 0.3) is 0 Å². The largest absolute Gasteiger partial charge is 0.465 e. The number of halogens is 1. The lowest BCUT2D eigenvalue weighted by molar-refractivity contribution is 0.0600. The second-order valence-corrected chi connectivity index (χ2v) is 5.35. The fourth-order valence-electron chi connectivity index (χ4n) is 2.05. The van der Waals surface area contributed by atoms with Crippen molar-refractivity contribution in [3.63, 3.8) is 0 Å². The molecule has 1 aliphatic rings. The van der Waals surface area contributed by atoms with Crippen molar-refractivity contribution in [2.75, 3.05) is 13.7 Å². The Labute approximate surface area is 148 Å². The molecule has 1 saturated carbocycles. The number of benzene rings is 1. The van der Waals surface area contributed by atoms with Gasteiger partial charge in [-0.05, 0) is 37.0 Å². The van der Waals surface area contributed by atoms with Crippen molar-refractivity contribution in [3.8, 4) is 0 Å². The van der Waals surface area contributed by atoms with E-state index in [2.05, 4.69) is 34.2 Å². The zero-order valence-corrected chi connectivity index (χ0v) is 15.6. The van der Waals surface area contributed by atoms with E-state index in [4.69, 9.17) is 0 Å². The van der Waals surface area contributed by atoms with Gasteiger partial charge < -0.3 is 15.4 Å². The van der Waals surface area contributed by atoms with Gasteiger partial charge in [0.1, 0.15) is 0 Å². The van der Waals surface area contributed by atoms with Crippen LogP contribution >= 0.6 is 24.0 Å². The molecule has 2 N–H and O–H groups in total. The van der Waals surface area contributed by atoms with Gasteiger partial charge in [0.25, 0.3) is 0 Å². The van der Waals surface area contributed by atoms with Crippen molar-refractivity contribution in [3.05, 3.63) is 35.4 Å². The first-order valence-corrected chi connectivity index (χ1v) is 7.36. The summed E-state index contributed by atoms with van der Waals surface area (Å²) >= 11 is 0. The van der Waals surface area contributed by atoms with E-state index in [0.29, 0.717) is 18.2 Å². The Morgan fingerprint density at radius 1 is 1.36 bits per heavy atom. The van der Waals surface area contributed by atoms with E-state index >= 15 is 0 Å². The van der Waals surface area contributed by atoms with Gasteiger partial charge in [-0.3, -0.25) is 0 Å². The van der Waals surface area contributed by atoms with Crippen LogP contribution in [0.3, 0.4) is 0 Å². The van der Waals surface area contributed by atoms with Crippen molar-refractivity contribution in [1.82, 2.24) is 10.6 Å². The SMILES string of the molecule is CCNC(=NCc1ccc(C(=O)OC)cc1)NC1CC1C.I. The molecule has 0 spiro atoms. The van der Waals surface area contributed by atoms with Gasteiger partial charge in [-0.2, -0.15) is 0 Å². The van der Waals surface area contributed by atoms with Crippen molar-refractivity contribution >= 4 is 35.9 Å². The number of rotatable bonds is 5. The summed E-state index contributed by atoms with van der Waals surface area (Å²) < 4.78 is 4.68. The quantitative estimate of drug-likeness (QED) is 0.335. The molecule has 6 heteroatoms. The minimum Gasteiger partial charge on any atom is -0.465 e. The molecule has 0 heterocycles. The minimum atomic E-state index is -0.317. The van der Waals surface area contributed by atoms with Crippen LogP contribution in [0.4, 0.5) is 0 Å². The van der Waals surface area contributed by atoms with Crippen LogP contribution in [0.2, 0.25) is 0 Å². The molecule has 1 aliphatic carbocycles. The van der Waals surface area contributed by atoms with Crippen LogP contribution in [0.1, 0.15) is 36.2 Å². The first kappa shape index (κ1) is 18.7. The molecule has 1 aromatic carbocycles. The van der Waals surface area contributed by atoms with Gasteiger partial charge in [-0.15, -0.1) is 24.0 Å². The minimum absolute atomic E-state index is 0. The molecule has 0 aromatic heterocycles. The summed E-state index contributed by atoms with van der Waals surface area (Å²) in [6, 6.07) is 7.88. The number of carbonyl (C=O) groups excluding carboxylic acids is 1. The third-order valence-electron chi connectivity index (χ3n) is 3.57. The van der Waals surface area contributed by atoms with Crippen LogP contribution in [-0.4, -0.2) is 31.6 Å². The van der Waals surface area contributed by atoms with Gasteiger partial charge in [-0.1, -0.05) is 19.1 Å². The maximum Gasteiger partial charge on any atom is 0.337 e. The predicted molar refractivity (Wildman–Crippen MR) is 98.7 cm³/mol. The molecule has 22 heavy (non-hydrogen) atoms. The average Bonchev–Trinajstić information content (AvgIpc) is 3.20. The summed E-state index contributed by atoms with van der Waals surface area (Å²) in [5.41, 5.74) is 1.62. The van der Waals surface area contributed by atoms with E-state index in [0.717, 1.165) is 24.0 Å². The van der Waals surface area contributed by atoms with E-state index in [1.165, 1.54) is 13.5 Å². The van der Waals surface area contributed by atoms with E-state index in [-0.39, 0.29) is 29.9 Å². The van der Waals surface area contributed by atoms with E-state index < -0.39 is 0 Å². The highest BCUT2D eigenvalue weighted by molar-refractivity contribution is 14.0. The standard InChI is InChI=1S/C16H23N3O2.HI/c1-4-17-16(19-14-9-11(14)2)18-10-12-5-7-13(8-6-12)15(20)21-3;/h5-8,11,14H,4,9-10H2,1-3H3,(H2,17,18,19);1H. The Morgan fingerprint density at radius 2 is 2.00 bits per heavy atom. The smallest absolute Gasteiger partial charge is 0.337 e. The number of nitrogens with zero attached hydrogens (tertiary/aromatic N) is 1. The molecule has 0 aliphatic heterocycles. The number of guanidine groups is 1. The van der Waals surface area contributed by atoms with Crippen LogP contribution in [0.5, 0.6) is 0 Å². The summed E-state index contributed by atoms with van der Waals surface area (Å²) in [6.07, 6.45) is 1.21. The zero-order valence-electron chi connectivity index (χ0n) is 13.3. The maximum atomic E-state index is 11.4. The van der Waals surface area contributed by atoms with Crippen LogP contribution in [0, 0.1) is 5.92 Å². The van der Waals surface area contributed by atoms with Gasteiger partial charge in [0.2, 0.25) is 0 Å². The van der Waals surface area contributed by atoms with E-state index in [1.807, 2.05) is 12.1 Å². The van der Waals surface area contributed by atoms with Crippen molar-refractivity contribution < 1.29 is 9.53 Å². The predicted octanol–water partition coefficient (Wildman–Crippen LogP) is 2.55.